The highest BCUT2D eigenvalue weighted by Gasteiger charge is 2.24. The van der Waals surface area contributed by atoms with Gasteiger partial charge in [0.25, 0.3) is 0 Å². The minimum absolute atomic E-state index is 0.487. The van der Waals surface area contributed by atoms with Gasteiger partial charge in [0, 0.05) is 13.1 Å². The Bertz CT molecular complexity index is 121. The van der Waals surface area contributed by atoms with Crippen molar-refractivity contribution < 1.29 is 4.74 Å². The van der Waals surface area contributed by atoms with Crippen LogP contribution in [-0.4, -0.2) is 37.2 Å². The van der Waals surface area contributed by atoms with E-state index in [-0.39, 0.29) is 0 Å². The molecule has 1 aliphatic heterocycles. The lowest BCUT2D eigenvalue weighted by atomic mass is 10.3. The second kappa shape index (κ2) is 4.52. The van der Waals surface area contributed by atoms with Crippen LogP contribution in [0.15, 0.2) is 12.7 Å². The first-order valence-corrected chi connectivity index (χ1v) is 4.11. The summed E-state index contributed by atoms with van der Waals surface area (Å²) in [5.41, 5.74) is 0. The molecular weight excluding hydrogens is 138 g/mol. The number of hydrogen-bond donors (Lipinski definition) is 0. The van der Waals surface area contributed by atoms with E-state index in [1.54, 1.807) is 0 Å². The van der Waals surface area contributed by atoms with Crippen molar-refractivity contribution in [2.45, 2.75) is 12.5 Å². The van der Waals surface area contributed by atoms with Crippen molar-refractivity contribution in [1.29, 1.82) is 0 Å². The summed E-state index contributed by atoms with van der Waals surface area (Å²) in [5.74, 6) is 0. The zero-order valence-electron chi connectivity index (χ0n) is 6.96. The smallest absolute Gasteiger partial charge is 0.0936 e. The number of rotatable bonds is 6. The molecule has 1 aliphatic rings. The van der Waals surface area contributed by atoms with Gasteiger partial charge in [-0.2, -0.15) is 0 Å². The standard InChI is InChI=1S/C9H16NO/c1-3-5-10(6-4-2)7-9-8-11-9/h3,9H,1-2,4-8H2. The SMILES string of the molecule is [CH2]CCN(CC=C)CC1CO1. The highest BCUT2D eigenvalue weighted by molar-refractivity contribution is 4.79. The molecule has 0 amide bonds. The first kappa shape index (κ1) is 8.75. The van der Waals surface area contributed by atoms with Crippen LogP contribution in [0.4, 0.5) is 0 Å². The summed E-state index contributed by atoms with van der Waals surface area (Å²) in [7, 11) is 0. The van der Waals surface area contributed by atoms with Gasteiger partial charge in [-0.1, -0.05) is 13.0 Å². The van der Waals surface area contributed by atoms with Crippen molar-refractivity contribution in [2.75, 3.05) is 26.2 Å². The maximum Gasteiger partial charge on any atom is 0.0936 e. The summed E-state index contributed by atoms with van der Waals surface area (Å²) >= 11 is 0. The lowest BCUT2D eigenvalue weighted by molar-refractivity contribution is 0.266. The molecule has 0 spiro atoms. The number of hydrogen-bond acceptors (Lipinski definition) is 2. The molecule has 1 unspecified atom stereocenters. The number of nitrogens with zero attached hydrogens (tertiary/aromatic N) is 1. The van der Waals surface area contributed by atoms with Gasteiger partial charge >= 0.3 is 0 Å². The van der Waals surface area contributed by atoms with Crippen LogP contribution in [0.3, 0.4) is 0 Å². The molecule has 1 atom stereocenters. The van der Waals surface area contributed by atoms with Crippen LogP contribution in [0.25, 0.3) is 0 Å². The Morgan fingerprint density at radius 1 is 1.64 bits per heavy atom. The highest BCUT2D eigenvalue weighted by Crippen LogP contribution is 2.10. The average Bonchev–Trinajstić information content (AvgIpc) is 2.73. The van der Waals surface area contributed by atoms with Gasteiger partial charge < -0.3 is 4.74 Å². The van der Waals surface area contributed by atoms with Crippen LogP contribution in [0.5, 0.6) is 0 Å². The van der Waals surface area contributed by atoms with Gasteiger partial charge in [-0.05, 0) is 13.0 Å². The van der Waals surface area contributed by atoms with Gasteiger partial charge in [0.15, 0.2) is 0 Å². The Kier molecular flexibility index (Phi) is 3.60. The van der Waals surface area contributed by atoms with Crippen LogP contribution in [-0.2, 0) is 4.74 Å². The summed E-state index contributed by atoms with van der Waals surface area (Å²) in [6.07, 6.45) is 3.37. The van der Waals surface area contributed by atoms with Crippen LogP contribution in [0.2, 0.25) is 0 Å². The molecule has 1 saturated heterocycles. The van der Waals surface area contributed by atoms with Crippen molar-refractivity contribution in [3.63, 3.8) is 0 Å². The molecule has 2 nitrogen and oxygen atoms in total. The van der Waals surface area contributed by atoms with Gasteiger partial charge in [0.2, 0.25) is 0 Å². The molecule has 0 bridgehead atoms. The third-order valence-electron chi connectivity index (χ3n) is 1.73. The summed E-state index contributed by atoms with van der Waals surface area (Å²) < 4.78 is 5.14. The highest BCUT2D eigenvalue weighted by atomic mass is 16.6. The van der Waals surface area contributed by atoms with E-state index >= 15 is 0 Å². The molecule has 1 radical (unpaired) electrons. The molecular formula is C9H16NO. The van der Waals surface area contributed by atoms with Crippen molar-refractivity contribution in [2.24, 2.45) is 0 Å². The Morgan fingerprint density at radius 2 is 2.36 bits per heavy atom. The van der Waals surface area contributed by atoms with Gasteiger partial charge in [-0.15, -0.1) is 6.58 Å². The van der Waals surface area contributed by atoms with Crippen LogP contribution >= 0.6 is 0 Å². The van der Waals surface area contributed by atoms with Crippen LogP contribution < -0.4 is 0 Å². The van der Waals surface area contributed by atoms with E-state index in [0.717, 1.165) is 32.7 Å². The van der Waals surface area contributed by atoms with Crippen molar-refractivity contribution >= 4 is 0 Å². The van der Waals surface area contributed by atoms with E-state index in [1.165, 1.54) is 0 Å². The first-order chi connectivity index (χ1) is 5.36. The summed E-state index contributed by atoms with van der Waals surface area (Å²) in [4.78, 5) is 2.32. The molecule has 0 N–H and O–H groups in total. The molecule has 0 aromatic heterocycles. The van der Waals surface area contributed by atoms with Crippen molar-refractivity contribution in [3.05, 3.63) is 19.6 Å². The number of epoxide rings is 1. The lowest BCUT2D eigenvalue weighted by Gasteiger charge is -2.17. The molecule has 0 saturated carbocycles. The van der Waals surface area contributed by atoms with Crippen LogP contribution in [0, 0.1) is 6.92 Å². The molecule has 0 aliphatic carbocycles. The minimum atomic E-state index is 0.487. The Morgan fingerprint density at radius 3 is 2.82 bits per heavy atom. The third-order valence-corrected chi connectivity index (χ3v) is 1.73. The van der Waals surface area contributed by atoms with Gasteiger partial charge in [-0.3, -0.25) is 4.90 Å². The molecule has 2 heteroatoms. The van der Waals surface area contributed by atoms with E-state index in [0.29, 0.717) is 6.10 Å². The minimum Gasteiger partial charge on any atom is -0.372 e. The number of ether oxygens (including phenoxy) is 1. The quantitative estimate of drug-likeness (QED) is 0.420. The first-order valence-electron chi connectivity index (χ1n) is 4.11. The molecule has 0 aromatic carbocycles. The van der Waals surface area contributed by atoms with E-state index in [2.05, 4.69) is 18.4 Å². The Balaban J connectivity index is 2.13. The maximum atomic E-state index is 5.14. The predicted octanol–water partition coefficient (Wildman–Crippen LogP) is 1.10. The fraction of sp³-hybridized carbons (Fsp3) is 0.667. The average molecular weight is 154 g/mol. The van der Waals surface area contributed by atoms with Gasteiger partial charge in [0.05, 0.1) is 12.7 Å². The van der Waals surface area contributed by atoms with E-state index < -0.39 is 0 Å². The topological polar surface area (TPSA) is 15.8 Å². The maximum absolute atomic E-state index is 5.14. The fourth-order valence-electron chi connectivity index (χ4n) is 1.12. The van der Waals surface area contributed by atoms with Crippen LogP contribution in [0.1, 0.15) is 6.42 Å². The Labute approximate surface area is 68.8 Å². The van der Waals surface area contributed by atoms with Gasteiger partial charge in [0.1, 0.15) is 0 Å². The largest absolute Gasteiger partial charge is 0.372 e. The molecule has 0 aromatic rings. The molecule has 63 valence electrons. The Hall–Kier alpha value is -0.340. The third kappa shape index (κ3) is 3.54. The molecule has 11 heavy (non-hydrogen) atoms. The monoisotopic (exact) mass is 154 g/mol. The lowest BCUT2D eigenvalue weighted by Crippen LogP contribution is -2.28. The zero-order valence-corrected chi connectivity index (χ0v) is 6.96. The summed E-state index contributed by atoms with van der Waals surface area (Å²) in [6.45, 7) is 11.5. The summed E-state index contributed by atoms with van der Waals surface area (Å²) in [5, 5.41) is 0. The van der Waals surface area contributed by atoms with E-state index in [1.807, 2.05) is 6.08 Å². The second-order valence-corrected chi connectivity index (χ2v) is 2.86. The fourth-order valence-corrected chi connectivity index (χ4v) is 1.12. The normalized spacial score (nSPS) is 22.2. The van der Waals surface area contributed by atoms with E-state index in [4.69, 9.17) is 4.74 Å². The summed E-state index contributed by atoms with van der Waals surface area (Å²) in [6, 6.07) is 0. The zero-order chi connectivity index (χ0) is 8.10. The predicted molar refractivity (Wildman–Crippen MR) is 46.4 cm³/mol. The second-order valence-electron chi connectivity index (χ2n) is 2.86. The van der Waals surface area contributed by atoms with Crippen molar-refractivity contribution in [1.82, 2.24) is 4.90 Å². The molecule has 1 rings (SSSR count). The van der Waals surface area contributed by atoms with E-state index in [9.17, 15) is 0 Å². The molecule has 1 fully saturated rings. The molecule has 1 heterocycles. The van der Waals surface area contributed by atoms with Gasteiger partial charge in [-0.25, -0.2) is 0 Å². The van der Waals surface area contributed by atoms with Crippen molar-refractivity contribution in [3.8, 4) is 0 Å².